The van der Waals surface area contributed by atoms with Crippen LogP contribution in [0.5, 0.6) is 17.2 Å². The molecule has 1 aliphatic heterocycles. The Morgan fingerprint density at radius 2 is 1.77 bits per heavy atom. The molecule has 0 radical (unpaired) electrons. The van der Waals surface area contributed by atoms with Crippen molar-refractivity contribution in [3.05, 3.63) is 53.6 Å². The van der Waals surface area contributed by atoms with Gasteiger partial charge in [0.15, 0.2) is 11.5 Å². The number of hydrogen-bond acceptors (Lipinski definition) is 5. The lowest BCUT2D eigenvalue weighted by atomic mass is 9.97. The molecule has 3 rings (SSSR count). The highest BCUT2D eigenvalue weighted by Gasteiger charge is 2.34. The molecule has 0 saturated carbocycles. The SMILES string of the molecule is COc1ccc(C2=NN(C(C)=O)C(c3cccc(OC)c3OC)C2)cc1. The van der Waals surface area contributed by atoms with Gasteiger partial charge in [-0.05, 0) is 35.9 Å². The van der Waals surface area contributed by atoms with Gasteiger partial charge in [0.25, 0.3) is 0 Å². The summed E-state index contributed by atoms with van der Waals surface area (Å²) in [6.07, 6.45) is 0.593. The van der Waals surface area contributed by atoms with Crippen molar-refractivity contribution in [3.8, 4) is 17.2 Å². The van der Waals surface area contributed by atoms with Crippen molar-refractivity contribution in [2.24, 2.45) is 5.10 Å². The van der Waals surface area contributed by atoms with Gasteiger partial charge in [0, 0.05) is 18.9 Å². The molecule has 6 heteroatoms. The Labute approximate surface area is 153 Å². The lowest BCUT2D eigenvalue weighted by Crippen LogP contribution is -2.24. The fraction of sp³-hybridized carbons (Fsp3) is 0.300. The molecule has 0 fully saturated rings. The van der Waals surface area contributed by atoms with Crippen molar-refractivity contribution in [1.82, 2.24) is 5.01 Å². The Morgan fingerprint density at radius 1 is 1.04 bits per heavy atom. The van der Waals surface area contributed by atoms with Crippen molar-refractivity contribution in [3.63, 3.8) is 0 Å². The van der Waals surface area contributed by atoms with Gasteiger partial charge in [-0.25, -0.2) is 5.01 Å². The van der Waals surface area contributed by atoms with Gasteiger partial charge in [-0.15, -0.1) is 0 Å². The standard InChI is InChI=1S/C20H22N2O4/c1-13(23)22-18(16-6-5-7-19(25-3)20(16)26-4)12-17(21-22)14-8-10-15(24-2)11-9-14/h5-11,18H,12H2,1-4H3. The van der Waals surface area contributed by atoms with E-state index in [4.69, 9.17) is 14.2 Å². The Morgan fingerprint density at radius 3 is 2.35 bits per heavy atom. The average molecular weight is 354 g/mol. The topological polar surface area (TPSA) is 60.4 Å². The van der Waals surface area contributed by atoms with Crippen LogP contribution in [0.3, 0.4) is 0 Å². The van der Waals surface area contributed by atoms with E-state index >= 15 is 0 Å². The van der Waals surface area contributed by atoms with Gasteiger partial charge >= 0.3 is 0 Å². The van der Waals surface area contributed by atoms with Gasteiger partial charge < -0.3 is 14.2 Å². The Bertz CT molecular complexity index is 830. The lowest BCUT2D eigenvalue weighted by molar-refractivity contribution is -0.130. The molecule has 1 heterocycles. The van der Waals surface area contributed by atoms with Gasteiger partial charge in [-0.3, -0.25) is 4.79 Å². The molecule has 1 unspecified atom stereocenters. The number of ether oxygens (including phenoxy) is 3. The first-order valence-electron chi connectivity index (χ1n) is 8.31. The van der Waals surface area contributed by atoms with Crippen molar-refractivity contribution < 1.29 is 19.0 Å². The van der Waals surface area contributed by atoms with Gasteiger partial charge in [0.1, 0.15) is 5.75 Å². The average Bonchev–Trinajstić information content (AvgIpc) is 3.12. The summed E-state index contributed by atoms with van der Waals surface area (Å²) in [6, 6.07) is 13.1. The van der Waals surface area contributed by atoms with Crippen molar-refractivity contribution in [1.29, 1.82) is 0 Å². The van der Waals surface area contributed by atoms with Crippen LogP contribution in [0.15, 0.2) is 47.6 Å². The molecule has 2 aromatic carbocycles. The Balaban J connectivity index is 1.98. The van der Waals surface area contributed by atoms with Crippen LogP contribution >= 0.6 is 0 Å². The van der Waals surface area contributed by atoms with Gasteiger partial charge in [-0.2, -0.15) is 5.10 Å². The molecule has 1 aliphatic rings. The highest BCUT2D eigenvalue weighted by atomic mass is 16.5. The fourth-order valence-electron chi connectivity index (χ4n) is 3.18. The predicted octanol–water partition coefficient (Wildman–Crippen LogP) is 3.41. The third-order valence-electron chi connectivity index (χ3n) is 4.45. The van der Waals surface area contributed by atoms with Crippen LogP contribution in [0.25, 0.3) is 0 Å². The largest absolute Gasteiger partial charge is 0.497 e. The minimum atomic E-state index is -0.241. The number of amides is 1. The summed E-state index contributed by atoms with van der Waals surface area (Å²) in [4.78, 5) is 12.2. The molecule has 0 aliphatic carbocycles. The van der Waals surface area contributed by atoms with Crippen LogP contribution < -0.4 is 14.2 Å². The maximum Gasteiger partial charge on any atom is 0.240 e. The van der Waals surface area contributed by atoms with Crippen LogP contribution in [0, 0.1) is 0 Å². The number of benzene rings is 2. The predicted molar refractivity (Wildman–Crippen MR) is 99.0 cm³/mol. The summed E-state index contributed by atoms with van der Waals surface area (Å²) in [7, 11) is 4.82. The van der Waals surface area contributed by atoms with Gasteiger partial charge in [0.05, 0.1) is 33.1 Å². The summed E-state index contributed by atoms with van der Waals surface area (Å²) in [5, 5.41) is 6.08. The number of rotatable bonds is 5. The third kappa shape index (κ3) is 3.22. The Kier molecular flexibility index (Phi) is 5.11. The normalized spacial score (nSPS) is 16.2. The van der Waals surface area contributed by atoms with Gasteiger partial charge in [0.2, 0.25) is 5.91 Å². The zero-order chi connectivity index (χ0) is 18.7. The smallest absolute Gasteiger partial charge is 0.240 e. The minimum Gasteiger partial charge on any atom is -0.497 e. The first kappa shape index (κ1) is 17.8. The number of hydrogen-bond donors (Lipinski definition) is 0. The zero-order valence-corrected chi connectivity index (χ0v) is 15.4. The zero-order valence-electron chi connectivity index (χ0n) is 15.4. The summed E-state index contributed by atoms with van der Waals surface area (Å²) < 4.78 is 16.1. The summed E-state index contributed by atoms with van der Waals surface area (Å²) in [6.45, 7) is 1.51. The summed E-state index contributed by atoms with van der Waals surface area (Å²) in [5.74, 6) is 1.91. The molecule has 0 aromatic heterocycles. The van der Waals surface area contributed by atoms with Crippen molar-refractivity contribution >= 4 is 11.6 Å². The van der Waals surface area contributed by atoms with E-state index in [0.717, 1.165) is 22.6 Å². The van der Waals surface area contributed by atoms with Crippen LogP contribution in [-0.4, -0.2) is 38.0 Å². The van der Waals surface area contributed by atoms with Crippen LogP contribution in [-0.2, 0) is 4.79 Å². The molecule has 0 saturated heterocycles. The molecule has 26 heavy (non-hydrogen) atoms. The van der Waals surface area contributed by atoms with Crippen molar-refractivity contribution in [2.45, 2.75) is 19.4 Å². The summed E-state index contributed by atoms with van der Waals surface area (Å²) in [5.41, 5.74) is 2.67. The highest BCUT2D eigenvalue weighted by Crippen LogP contribution is 2.41. The van der Waals surface area contributed by atoms with E-state index in [1.165, 1.54) is 11.9 Å². The third-order valence-corrected chi connectivity index (χ3v) is 4.45. The molecule has 0 bridgehead atoms. The summed E-state index contributed by atoms with van der Waals surface area (Å²) >= 11 is 0. The highest BCUT2D eigenvalue weighted by molar-refractivity contribution is 6.03. The van der Waals surface area contributed by atoms with E-state index in [0.29, 0.717) is 17.9 Å². The van der Waals surface area contributed by atoms with E-state index in [1.807, 2.05) is 42.5 Å². The number of carbonyl (C=O) groups excluding carboxylic acids is 1. The van der Waals surface area contributed by atoms with Crippen molar-refractivity contribution in [2.75, 3.05) is 21.3 Å². The molecule has 1 atom stereocenters. The van der Waals surface area contributed by atoms with Crippen LogP contribution in [0.4, 0.5) is 0 Å². The maximum atomic E-state index is 12.2. The second-order valence-corrected chi connectivity index (χ2v) is 5.94. The molecule has 1 amide bonds. The second-order valence-electron chi connectivity index (χ2n) is 5.94. The quantitative estimate of drug-likeness (QED) is 0.826. The molecular weight excluding hydrogens is 332 g/mol. The monoisotopic (exact) mass is 354 g/mol. The van der Waals surface area contributed by atoms with E-state index < -0.39 is 0 Å². The molecule has 0 N–H and O–H groups in total. The van der Waals surface area contributed by atoms with E-state index in [2.05, 4.69) is 5.10 Å². The van der Waals surface area contributed by atoms with E-state index in [1.54, 1.807) is 21.3 Å². The number of nitrogens with zero attached hydrogens (tertiary/aromatic N) is 2. The number of methoxy groups -OCH3 is 3. The van der Waals surface area contributed by atoms with Gasteiger partial charge in [-0.1, -0.05) is 12.1 Å². The number of para-hydroxylation sites is 1. The first-order chi connectivity index (χ1) is 12.6. The van der Waals surface area contributed by atoms with E-state index in [9.17, 15) is 4.79 Å². The molecule has 2 aromatic rings. The number of carbonyl (C=O) groups is 1. The fourth-order valence-corrected chi connectivity index (χ4v) is 3.18. The number of hydrazone groups is 1. The van der Waals surface area contributed by atoms with E-state index in [-0.39, 0.29) is 11.9 Å². The van der Waals surface area contributed by atoms with Crippen LogP contribution in [0.2, 0.25) is 0 Å². The molecular formula is C20H22N2O4. The minimum absolute atomic E-state index is 0.122. The molecule has 0 spiro atoms. The molecule has 6 nitrogen and oxygen atoms in total. The first-order valence-corrected chi connectivity index (χ1v) is 8.31. The second kappa shape index (κ2) is 7.47. The molecule has 136 valence electrons. The maximum absolute atomic E-state index is 12.2. The lowest BCUT2D eigenvalue weighted by Gasteiger charge is -2.23. The Hall–Kier alpha value is -3.02. The van der Waals surface area contributed by atoms with Crippen LogP contribution in [0.1, 0.15) is 30.5 Å².